The Balaban J connectivity index is 0.00000576. The third-order valence-electron chi connectivity index (χ3n) is 4.52. The van der Waals surface area contributed by atoms with Crippen LogP contribution in [-0.4, -0.2) is 57.2 Å². The van der Waals surface area contributed by atoms with Crippen LogP contribution in [-0.2, 0) is 10.0 Å². The topological polar surface area (TPSA) is 73.8 Å². The van der Waals surface area contributed by atoms with Crippen LogP contribution in [0.1, 0.15) is 59.3 Å². The molecule has 1 fully saturated rings. The highest BCUT2D eigenvalue weighted by molar-refractivity contribution is 14.0. The summed E-state index contributed by atoms with van der Waals surface area (Å²) in [6, 6.07) is 0.418. The van der Waals surface area contributed by atoms with Crippen molar-refractivity contribution in [3.8, 4) is 0 Å². The third kappa shape index (κ3) is 10.6. The zero-order chi connectivity index (χ0) is 18.0. The van der Waals surface area contributed by atoms with Crippen LogP contribution in [0.15, 0.2) is 4.99 Å². The van der Waals surface area contributed by atoms with Gasteiger partial charge < -0.3 is 10.6 Å². The summed E-state index contributed by atoms with van der Waals surface area (Å²) in [5.74, 6) is 1.35. The van der Waals surface area contributed by atoms with Crippen molar-refractivity contribution >= 4 is 40.0 Å². The maximum Gasteiger partial charge on any atom is 0.211 e. The van der Waals surface area contributed by atoms with Gasteiger partial charge in [-0.1, -0.05) is 26.2 Å². The minimum atomic E-state index is -3.04. The van der Waals surface area contributed by atoms with Crippen LogP contribution < -0.4 is 10.6 Å². The molecule has 0 aromatic rings. The molecule has 6 nitrogen and oxygen atoms in total. The maximum atomic E-state index is 11.6. The van der Waals surface area contributed by atoms with Crippen LogP contribution in [0, 0.1) is 5.92 Å². The number of rotatable bonds is 9. The number of nitrogens with one attached hydrogen (secondary N) is 2. The molecule has 0 spiro atoms. The quantitative estimate of drug-likeness (QED) is 0.227. The molecular weight excluding hydrogens is 451 g/mol. The molecule has 1 atom stereocenters. The minimum Gasteiger partial charge on any atom is -0.357 e. The van der Waals surface area contributed by atoms with Gasteiger partial charge in [-0.3, -0.25) is 4.99 Å². The van der Waals surface area contributed by atoms with Crippen LogP contribution >= 0.6 is 24.0 Å². The van der Waals surface area contributed by atoms with Gasteiger partial charge in [0.05, 0.1) is 6.26 Å². The summed E-state index contributed by atoms with van der Waals surface area (Å²) in [7, 11) is -3.04. The number of guanidine groups is 1. The third-order valence-corrected chi connectivity index (χ3v) is 5.82. The molecule has 0 aliphatic carbocycles. The van der Waals surface area contributed by atoms with Gasteiger partial charge in [0.25, 0.3) is 0 Å². The van der Waals surface area contributed by atoms with Crippen molar-refractivity contribution in [1.29, 1.82) is 0 Å². The van der Waals surface area contributed by atoms with Crippen LogP contribution in [0.2, 0.25) is 0 Å². The highest BCUT2D eigenvalue weighted by Crippen LogP contribution is 2.19. The molecule has 25 heavy (non-hydrogen) atoms. The predicted molar refractivity (Wildman–Crippen MR) is 117 cm³/mol. The first-order valence-electron chi connectivity index (χ1n) is 9.36. The Bertz CT molecular complexity index is 477. The largest absolute Gasteiger partial charge is 0.357 e. The summed E-state index contributed by atoms with van der Waals surface area (Å²) >= 11 is 0. The molecule has 2 N–H and O–H groups in total. The van der Waals surface area contributed by atoms with Gasteiger partial charge >= 0.3 is 0 Å². The standard InChI is InChI=1S/C17H36N4O2S.HI/c1-5-7-8-9-15(3)20-17(18-6-2)19-14-16-10-12-21(13-11-16)24(4,22)23;/h15-16H,5-14H2,1-4H3,(H2,18,19,20);1H. The molecular formula is C17H37IN4O2S. The van der Waals surface area contributed by atoms with E-state index >= 15 is 0 Å². The average molecular weight is 488 g/mol. The van der Waals surface area contributed by atoms with E-state index in [1.165, 1.54) is 25.5 Å². The van der Waals surface area contributed by atoms with Gasteiger partial charge in [0, 0.05) is 32.2 Å². The summed E-state index contributed by atoms with van der Waals surface area (Å²) in [6.07, 6.45) is 7.99. The summed E-state index contributed by atoms with van der Waals surface area (Å²) in [5.41, 5.74) is 0. The van der Waals surface area contributed by atoms with Gasteiger partial charge in [0.2, 0.25) is 10.0 Å². The molecule has 1 aliphatic rings. The highest BCUT2D eigenvalue weighted by Gasteiger charge is 2.24. The maximum absolute atomic E-state index is 11.6. The lowest BCUT2D eigenvalue weighted by molar-refractivity contribution is 0.280. The van der Waals surface area contributed by atoms with Crippen LogP contribution in [0.5, 0.6) is 0 Å². The molecule has 8 heteroatoms. The number of piperidine rings is 1. The lowest BCUT2D eigenvalue weighted by Gasteiger charge is -2.29. The molecule has 0 saturated carbocycles. The Labute approximate surface area is 171 Å². The number of nitrogens with zero attached hydrogens (tertiary/aromatic N) is 2. The highest BCUT2D eigenvalue weighted by atomic mass is 127. The van der Waals surface area contributed by atoms with E-state index in [4.69, 9.17) is 4.99 Å². The molecule has 0 radical (unpaired) electrons. The number of hydrogen-bond acceptors (Lipinski definition) is 3. The first-order valence-corrected chi connectivity index (χ1v) is 11.2. The van der Waals surface area contributed by atoms with Gasteiger partial charge in [-0.05, 0) is 39.0 Å². The Kier molecular flexibility index (Phi) is 13.1. The molecule has 1 unspecified atom stereocenters. The zero-order valence-electron chi connectivity index (χ0n) is 16.3. The fraction of sp³-hybridized carbons (Fsp3) is 0.941. The summed E-state index contributed by atoms with van der Waals surface area (Å²) in [5, 5.41) is 6.79. The van der Waals surface area contributed by atoms with E-state index in [1.54, 1.807) is 4.31 Å². The Morgan fingerprint density at radius 2 is 1.88 bits per heavy atom. The van der Waals surface area contributed by atoms with Gasteiger partial charge in [-0.2, -0.15) is 0 Å². The number of sulfonamides is 1. The van der Waals surface area contributed by atoms with Gasteiger partial charge in [0.15, 0.2) is 5.96 Å². The van der Waals surface area contributed by atoms with Gasteiger partial charge in [0.1, 0.15) is 0 Å². The lowest BCUT2D eigenvalue weighted by atomic mass is 9.98. The van der Waals surface area contributed by atoms with Gasteiger partial charge in [-0.25, -0.2) is 12.7 Å². The zero-order valence-corrected chi connectivity index (χ0v) is 19.4. The van der Waals surface area contributed by atoms with Crippen LogP contribution in [0.3, 0.4) is 0 Å². The van der Waals surface area contributed by atoms with Crippen molar-refractivity contribution < 1.29 is 8.42 Å². The molecule has 0 amide bonds. The number of halogens is 1. The first kappa shape index (κ1) is 24.9. The fourth-order valence-electron chi connectivity index (χ4n) is 2.97. The molecule has 150 valence electrons. The van der Waals surface area contributed by atoms with Gasteiger partial charge in [-0.15, -0.1) is 24.0 Å². The lowest BCUT2D eigenvalue weighted by Crippen LogP contribution is -2.43. The number of aliphatic imine (C=N–C) groups is 1. The molecule has 1 heterocycles. The van der Waals surface area contributed by atoms with Crippen molar-refractivity contribution in [2.24, 2.45) is 10.9 Å². The predicted octanol–water partition coefficient (Wildman–Crippen LogP) is 2.80. The van der Waals surface area contributed by atoms with Crippen molar-refractivity contribution in [3.05, 3.63) is 0 Å². The van der Waals surface area contributed by atoms with Crippen LogP contribution in [0.25, 0.3) is 0 Å². The molecule has 1 saturated heterocycles. The van der Waals surface area contributed by atoms with E-state index in [0.717, 1.165) is 38.3 Å². The summed E-state index contributed by atoms with van der Waals surface area (Å²) < 4.78 is 24.7. The Morgan fingerprint density at radius 3 is 2.40 bits per heavy atom. The molecule has 1 rings (SSSR count). The molecule has 0 aromatic carbocycles. The van der Waals surface area contributed by atoms with Crippen molar-refractivity contribution in [2.75, 3.05) is 32.4 Å². The van der Waals surface area contributed by atoms with E-state index in [0.29, 0.717) is 25.0 Å². The second-order valence-electron chi connectivity index (χ2n) is 6.87. The monoisotopic (exact) mass is 488 g/mol. The summed E-state index contributed by atoms with van der Waals surface area (Å²) in [4.78, 5) is 4.72. The number of unbranched alkanes of at least 4 members (excludes halogenated alkanes) is 2. The average Bonchev–Trinajstić information content (AvgIpc) is 2.52. The Morgan fingerprint density at radius 1 is 1.24 bits per heavy atom. The SMILES string of the molecule is CCCCCC(C)NC(=NCC1CCN(S(C)(=O)=O)CC1)NCC.I. The van der Waals surface area contributed by atoms with E-state index in [9.17, 15) is 8.42 Å². The van der Waals surface area contributed by atoms with Crippen molar-refractivity contribution in [1.82, 2.24) is 14.9 Å². The minimum absolute atomic E-state index is 0. The Hall–Kier alpha value is -0.0900. The fourth-order valence-corrected chi connectivity index (χ4v) is 3.84. The molecule has 0 aromatic heterocycles. The van der Waals surface area contributed by atoms with E-state index in [1.807, 2.05) is 0 Å². The van der Waals surface area contributed by atoms with Crippen molar-refractivity contribution in [3.63, 3.8) is 0 Å². The second-order valence-corrected chi connectivity index (χ2v) is 8.85. The smallest absolute Gasteiger partial charge is 0.211 e. The molecule has 0 bridgehead atoms. The van der Waals surface area contributed by atoms with Crippen LogP contribution in [0.4, 0.5) is 0 Å². The van der Waals surface area contributed by atoms with Crippen molar-refractivity contribution in [2.45, 2.75) is 65.3 Å². The van der Waals surface area contributed by atoms with E-state index in [2.05, 4.69) is 31.4 Å². The van der Waals surface area contributed by atoms with E-state index < -0.39 is 10.0 Å². The number of hydrogen-bond donors (Lipinski definition) is 2. The second kappa shape index (κ2) is 13.1. The summed E-state index contributed by atoms with van der Waals surface area (Å²) in [6.45, 7) is 9.34. The molecule has 1 aliphatic heterocycles. The first-order chi connectivity index (χ1) is 11.4. The normalized spacial score (nSPS) is 18.5. The van der Waals surface area contributed by atoms with E-state index in [-0.39, 0.29) is 24.0 Å².